The van der Waals surface area contributed by atoms with Crippen LogP contribution in [0.1, 0.15) is 28.4 Å². The second-order valence-corrected chi connectivity index (χ2v) is 8.55. The molecule has 7 heteroatoms. The molecule has 2 aliphatic rings. The van der Waals surface area contributed by atoms with Gasteiger partial charge in [0.15, 0.2) is 0 Å². The van der Waals surface area contributed by atoms with Gasteiger partial charge in [-0.1, -0.05) is 60.2 Å². The topological polar surface area (TPSA) is 77.2 Å². The molecule has 5 rings (SSSR count). The highest BCUT2D eigenvalue weighted by molar-refractivity contribution is 5.79. The first kappa shape index (κ1) is 19.5. The fourth-order valence-corrected chi connectivity index (χ4v) is 4.65. The lowest BCUT2D eigenvalue weighted by Crippen LogP contribution is -2.44. The first-order chi connectivity index (χ1) is 15.0. The Morgan fingerprint density at radius 1 is 0.935 bits per heavy atom. The lowest BCUT2D eigenvalue weighted by molar-refractivity contribution is -0.129. The van der Waals surface area contributed by atoms with E-state index in [0.29, 0.717) is 31.9 Å². The molecule has 2 atom stereocenters. The molecule has 0 saturated carbocycles. The molecule has 0 spiro atoms. The Morgan fingerprint density at radius 3 is 2.42 bits per heavy atom. The summed E-state index contributed by atoms with van der Waals surface area (Å²) in [6.45, 7) is 3.83. The molecule has 0 aliphatic carbocycles. The summed E-state index contributed by atoms with van der Waals surface area (Å²) in [4.78, 5) is 40.0. The van der Waals surface area contributed by atoms with Crippen molar-refractivity contribution in [2.45, 2.75) is 32.4 Å². The third kappa shape index (κ3) is 3.60. The summed E-state index contributed by atoms with van der Waals surface area (Å²) in [5, 5.41) is 4.58. The SMILES string of the molecule is Cc1ccc(Cn2nc3n(c(=O)c2=O)CC2CN(C(=O)Cc4ccccc4)CC32)cc1. The molecule has 3 aromatic rings. The maximum absolute atomic E-state index is 12.8. The Kier molecular flexibility index (Phi) is 4.81. The molecule has 1 fully saturated rings. The van der Waals surface area contributed by atoms with Gasteiger partial charge < -0.3 is 4.90 Å². The summed E-state index contributed by atoms with van der Waals surface area (Å²) < 4.78 is 2.79. The molecule has 0 N–H and O–H groups in total. The van der Waals surface area contributed by atoms with Crippen molar-refractivity contribution in [1.82, 2.24) is 19.2 Å². The van der Waals surface area contributed by atoms with Gasteiger partial charge in [-0.25, -0.2) is 4.68 Å². The summed E-state index contributed by atoms with van der Waals surface area (Å²) in [6, 6.07) is 17.5. The third-order valence-corrected chi connectivity index (χ3v) is 6.36. The van der Waals surface area contributed by atoms with Crippen LogP contribution < -0.4 is 11.1 Å². The number of amides is 1. The molecule has 1 saturated heterocycles. The average molecular weight is 416 g/mol. The van der Waals surface area contributed by atoms with E-state index in [-0.39, 0.29) is 24.3 Å². The number of aromatic nitrogens is 3. The molecule has 0 radical (unpaired) electrons. The number of carbonyl (C=O) groups is 1. The van der Waals surface area contributed by atoms with Crippen LogP contribution in [0.5, 0.6) is 0 Å². The number of hydrogen-bond acceptors (Lipinski definition) is 4. The highest BCUT2D eigenvalue weighted by Crippen LogP contribution is 2.37. The zero-order chi connectivity index (χ0) is 21.5. The molecule has 31 heavy (non-hydrogen) atoms. The van der Waals surface area contributed by atoms with Gasteiger partial charge in [-0.3, -0.25) is 19.0 Å². The van der Waals surface area contributed by atoms with Gasteiger partial charge in [0, 0.05) is 31.5 Å². The maximum Gasteiger partial charge on any atom is 0.332 e. The van der Waals surface area contributed by atoms with Crippen molar-refractivity contribution in [3.8, 4) is 0 Å². The van der Waals surface area contributed by atoms with Crippen LogP contribution >= 0.6 is 0 Å². The minimum absolute atomic E-state index is 0.0164. The van der Waals surface area contributed by atoms with Crippen molar-refractivity contribution in [2.75, 3.05) is 13.1 Å². The largest absolute Gasteiger partial charge is 0.341 e. The van der Waals surface area contributed by atoms with Crippen LogP contribution in [0.25, 0.3) is 0 Å². The Balaban J connectivity index is 1.38. The van der Waals surface area contributed by atoms with Crippen molar-refractivity contribution in [3.63, 3.8) is 0 Å². The predicted octanol–water partition coefficient (Wildman–Crippen LogP) is 1.56. The zero-order valence-corrected chi connectivity index (χ0v) is 17.4. The van der Waals surface area contributed by atoms with Gasteiger partial charge in [0.05, 0.1) is 13.0 Å². The number of benzene rings is 2. The fraction of sp³-hybridized carbons (Fsp3) is 0.333. The average Bonchev–Trinajstić information content (AvgIpc) is 3.33. The monoisotopic (exact) mass is 416 g/mol. The zero-order valence-electron chi connectivity index (χ0n) is 17.4. The second kappa shape index (κ2) is 7.65. The van der Waals surface area contributed by atoms with E-state index in [0.717, 1.165) is 16.7 Å². The number of fused-ring (bicyclic) bond motifs is 3. The molecule has 3 heterocycles. The summed E-state index contributed by atoms with van der Waals surface area (Å²) in [5.74, 6) is 0.811. The number of likely N-dealkylation sites (tertiary alicyclic amines) is 1. The Bertz CT molecular complexity index is 1240. The number of aryl methyl sites for hydroxylation is 1. The predicted molar refractivity (Wildman–Crippen MR) is 116 cm³/mol. The lowest BCUT2D eigenvalue weighted by Gasteiger charge is -2.18. The van der Waals surface area contributed by atoms with Gasteiger partial charge in [0.1, 0.15) is 5.82 Å². The van der Waals surface area contributed by atoms with E-state index in [2.05, 4.69) is 5.10 Å². The maximum atomic E-state index is 12.8. The van der Waals surface area contributed by atoms with Crippen molar-refractivity contribution in [3.05, 3.63) is 97.8 Å². The van der Waals surface area contributed by atoms with E-state index in [1.165, 1.54) is 9.25 Å². The van der Waals surface area contributed by atoms with Crippen LogP contribution in [0, 0.1) is 12.8 Å². The number of carbonyl (C=O) groups excluding carboxylic acids is 1. The number of nitrogens with zero attached hydrogens (tertiary/aromatic N) is 4. The van der Waals surface area contributed by atoms with Crippen molar-refractivity contribution < 1.29 is 4.79 Å². The van der Waals surface area contributed by atoms with E-state index in [1.54, 1.807) is 0 Å². The van der Waals surface area contributed by atoms with Gasteiger partial charge in [0.2, 0.25) is 5.91 Å². The molecule has 1 amide bonds. The molecule has 0 bridgehead atoms. The van der Waals surface area contributed by atoms with Gasteiger partial charge in [-0.15, -0.1) is 0 Å². The van der Waals surface area contributed by atoms with Crippen molar-refractivity contribution in [1.29, 1.82) is 0 Å². The minimum atomic E-state index is -0.596. The molecule has 2 unspecified atom stereocenters. The van der Waals surface area contributed by atoms with Crippen molar-refractivity contribution >= 4 is 5.91 Å². The summed E-state index contributed by atoms with van der Waals surface area (Å²) in [5.41, 5.74) is 1.93. The molecule has 1 aromatic heterocycles. The highest BCUT2D eigenvalue weighted by atomic mass is 16.2. The van der Waals surface area contributed by atoms with Crippen LogP contribution in [0.15, 0.2) is 64.2 Å². The summed E-state index contributed by atoms with van der Waals surface area (Å²) >= 11 is 0. The van der Waals surface area contributed by atoms with Gasteiger partial charge in [0.25, 0.3) is 0 Å². The quantitative estimate of drug-likeness (QED) is 0.605. The molecular weight excluding hydrogens is 392 g/mol. The Morgan fingerprint density at radius 2 is 1.68 bits per heavy atom. The molecule has 2 aromatic carbocycles. The number of rotatable bonds is 4. The Labute approximate surface area is 179 Å². The molecular formula is C24H24N4O3. The lowest BCUT2D eigenvalue weighted by atomic mass is 10.00. The minimum Gasteiger partial charge on any atom is -0.341 e. The van der Waals surface area contributed by atoms with Crippen molar-refractivity contribution in [2.24, 2.45) is 5.92 Å². The Hall–Kier alpha value is -3.48. The van der Waals surface area contributed by atoms with E-state index >= 15 is 0 Å². The fourth-order valence-electron chi connectivity index (χ4n) is 4.65. The van der Waals surface area contributed by atoms with Crippen LogP contribution in [0.4, 0.5) is 0 Å². The van der Waals surface area contributed by atoms with Crippen LogP contribution in [-0.4, -0.2) is 38.2 Å². The number of hydrogen-bond donors (Lipinski definition) is 0. The van der Waals surface area contributed by atoms with Gasteiger partial charge in [-0.2, -0.15) is 5.10 Å². The summed E-state index contributed by atoms with van der Waals surface area (Å²) in [7, 11) is 0. The smallest absolute Gasteiger partial charge is 0.332 e. The van der Waals surface area contributed by atoms with E-state index < -0.39 is 11.1 Å². The molecule has 2 aliphatic heterocycles. The summed E-state index contributed by atoms with van der Waals surface area (Å²) in [6.07, 6.45) is 0.368. The first-order valence-electron chi connectivity index (χ1n) is 10.6. The van der Waals surface area contributed by atoms with Gasteiger partial charge >= 0.3 is 11.1 Å². The van der Waals surface area contributed by atoms with E-state index in [1.807, 2.05) is 66.4 Å². The van der Waals surface area contributed by atoms with Crippen LogP contribution in [-0.2, 0) is 24.3 Å². The van der Waals surface area contributed by atoms with E-state index in [4.69, 9.17) is 0 Å². The second-order valence-electron chi connectivity index (χ2n) is 8.55. The third-order valence-electron chi connectivity index (χ3n) is 6.36. The molecule has 158 valence electrons. The van der Waals surface area contributed by atoms with Crippen LogP contribution in [0.2, 0.25) is 0 Å². The first-order valence-corrected chi connectivity index (χ1v) is 10.6. The standard InChI is InChI=1S/C24H24N4O3/c1-16-7-9-18(10-8-16)12-28-24(31)23(30)27-14-19-13-26(15-20(19)22(27)25-28)21(29)11-17-5-3-2-4-6-17/h2-10,19-20H,11-15H2,1H3. The van der Waals surface area contributed by atoms with Crippen LogP contribution in [0.3, 0.4) is 0 Å². The normalized spacial score (nSPS) is 19.3. The van der Waals surface area contributed by atoms with E-state index in [9.17, 15) is 14.4 Å². The highest BCUT2D eigenvalue weighted by Gasteiger charge is 2.44. The molecule has 7 nitrogen and oxygen atoms in total. The van der Waals surface area contributed by atoms with Gasteiger partial charge in [-0.05, 0) is 18.1 Å².